The molecule has 1 fully saturated rings. The average Bonchev–Trinajstić information content (AvgIpc) is 3.15. The number of aliphatic carboxylic acids is 1. The van der Waals surface area contributed by atoms with Crippen LogP contribution >= 0.6 is 0 Å². The maximum absolute atomic E-state index is 13.9. The van der Waals surface area contributed by atoms with Crippen LogP contribution in [-0.4, -0.2) is 86.8 Å². The van der Waals surface area contributed by atoms with Crippen LogP contribution in [0.1, 0.15) is 219 Å². The zero-order valence-electron chi connectivity index (χ0n) is 34.8. The summed E-state index contributed by atoms with van der Waals surface area (Å²) in [6.07, 6.45) is 28.8. The molecule has 0 aromatic heterocycles. The molecule has 0 unspecified atom stereocenters. The summed E-state index contributed by atoms with van der Waals surface area (Å²) < 4.78 is 6.11. The van der Waals surface area contributed by atoms with Gasteiger partial charge in [0.25, 0.3) is 0 Å². The van der Waals surface area contributed by atoms with Crippen LogP contribution in [0.2, 0.25) is 0 Å². The molecular weight excluding hydrogens is 684 g/mol. The van der Waals surface area contributed by atoms with E-state index in [0.717, 1.165) is 44.9 Å². The molecule has 10 heteroatoms. The Labute approximate surface area is 330 Å². The number of amides is 2. The molecule has 1 heterocycles. The minimum absolute atomic E-state index is 0.0391. The summed E-state index contributed by atoms with van der Waals surface area (Å²) in [6.45, 7) is 4.36. The van der Waals surface area contributed by atoms with E-state index in [4.69, 9.17) is 9.84 Å². The van der Waals surface area contributed by atoms with E-state index in [0.29, 0.717) is 25.8 Å². The molecular formula is C44H84N2O8. The van der Waals surface area contributed by atoms with Crippen molar-refractivity contribution in [3.05, 3.63) is 0 Å². The van der Waals surface area contributed by atoms with Crippen molar-refractivity contribution >= 4 is 17.8 Å². The second-order valence-corrected chi connectivity index (χ2v) is 16.1. The van der Waals surface area contributed by atoms with E-state index in [2.05, 4.69) is 19.2 Å². The van der Waals surface area contributed by atoms with Gasteiger partial charge in [0.05, 0.1) is 6.61 Å². The molecule has 0 spiro atoms. The van der Waals surface area contributed by atoms with Crippen LogP contribution in [0.15, 0.2) is 0 Å². The summed E-state index contributed by atoms with van der Waals surface area (Å²) in [7, 11) is 0. The van der Waals surface area contributed by atoms with Gasteiger partial charge in [0.2, 0.25) is 11.8 Å². The van der Waals surface area contributed by atoms with E-state index in [1.54, 1.807) is 4.90 Å². The molecule has 0 radical (unpaired) electrons. The Kier molecular flexibility index (Phi) is 32.1. The van der Waals surface area contributed by atoms with Crippen LogP contribution in [0.25, 0.3) is 0 Å². The molecule has 2 amide bonds. The number of carbonyl (C=O) groups is 3. The fraction of sp³-hybridized carbons (Fsp3) is 0.932. The molecule has 0 aliphatic carbocycles. The van der Waals surface area contributed by atoms with Gasteiger partial charge in [-0.15, -0.1) is 0 Å². The Balaban J connectivity index is 2.68. The van der Waals surface area contributed by atoms with Crippen LogP contribution in [0.3, 0.4) is 0 Å². The van der Waals surface area contributed by atoms with E-state index >= 15 is 0 Å². The molecule has 5 N–H and O–H groups in total. The fourth-order valence-electron chi connectivity index (χ4n) is 7.65. The van der Waals surface area contributed by atoms with Gasteiger partial charge in [-0.1, -0.05) is 174 Å². The van der Waals surface area contributed by atoms with Crippen molar-refractivity contribution in [2.45, 2.75) is 250 Å². The van der Waals surface area contributed by atoms with Gasteiger partial charge >= 0.3 is 5.97 Å². The van der Waals surface area contributed by atoms with E-state index in [1.165, 1.54) is 128 Å². The van der Waals surface area contributed by atoms with Crippen LogP contribution < -0.4 is 5.32 Å². The summed E-state index contributed by atoms with van der Waals surface area (Å²) >= 11 is 0. The maximum atomic E-state index is 13.9. The first-order valence-corrected chi connectivity index (χ1v) is 22.7. The molecule has 0 bridgehead atoms. The van der Waals surface area contributed by atoms with Crippen LogP contribution in [-0.2, 0) is 19.1 Å². The van der Waals surface area contributed by atoms with Crippen LogP contribution in [0.4, 0.5) is 0 Å². The van der Waals surface area contributed by atoms with Crippen LogP contribution in [0.5, 0.6) is 0 Å². The predicted molar refractivity (Wildman–Crippen MR) is 218 cm³/mol. The van der Waals surface area contributed by atoms with Gasteiger partial charge in [-0.2, -0.15) is 0 Å². The lowest BCUT2D eigenvalue weighted by atomic mass is 9.94. The second-order valence-electron chi connectivity index (χ2n) is 16.1. The van der Waals surface area contributed by atoms with Crippen molar-refractivity contribution in [2.75, 3.05) is 13.2 Å². The molecule has 54 heavy (non-hydrogen) atoms. The Morgan fingerprint density at radius 2 is 0.926 bits per heavy atom. The highest BCUT2D eigenvalue weighted by Crippen LogP contribution is 2.26. The van der Waals surface area contributed by atoms with E-state index in [9.17, 15) is 29.7 Å². The zero-order chi connectivity index (χ0) is 39.7. The Morgan fingerprint density at radius 1 is 0.537 bits per heavy atom. The molecule has 0 aromatic carbocycles. The second kappa shape index (κ2) is 34.5. The van der Waals surface area contributed by atoms with E-state index < -0.39 is 49.1 Å². The number of unbranched alkanes of at least 4 members (excludes halogenated alkanes) is 26. The minimum atomic E-state index is -1.45. The van der Waals surface area contributed by atoms with Gasteiger partial charge in [-0.05, 0) is 25.7 Å². The third-order valence-electron chi connectivity index (χ3n) is 11.1. The fourth-order valence-corrected chi connectivity index (χ4v) is 7.65. The van der Waals surface area contributed by atoms with Gasteiger partial charge in [0.15, 0.2) is 6.23 Å². The predicted octanol–water partition coefficient (Wildman–Crippen LogP) is 9.35. The topological polar surface area (TPSA) is 157 Å². The summed E-state index contributed by atoms with van der Waals surface area (Å²) in [6, 6.07) is -1.09. The molecule has 5 atom stereocenters. The molecule has 1 rings (SSSR count). The standard InChI is InChI=1S/C44H84N2O8/c1-3-5-7-9-11-13-15-17-18-19-20-22-24-26-28-33-39(49)46(35-31-27-25-23-21-16-14-12-10-8-6-4-2)44-41(43(53)42(52)37(36-47)54-44)45-38(48)32-29-30-34-40(50)51/h37,41-44,47,52-53H,3-36H2,1-2H3,(H,45,48)(H,50,51)/t37-,41-,42-,43-,44-/m1/s1. The highest BCUT2D eigenvalue weighted by Gasteiger charge is 2.48. The molecule has 1 saturated heterocycles. The van der Waals surface area contributed by atoms with Crippen molar-refractivity contribution in [3.8, 4) is 0 Å². The molecule has 1 aliphatic rings. The number of nitrogens with zero attached hydrogens (tertiary/aromatic N) is 1. The number of carboxylic acid groups (broad SMARTS) is 1. The number of carbonyl (C=O) groups excluding carboxylic acids is 2. The first-order valence-electron chi connectivity index (χ1n) is 22.7. The summed E-state index contributed by atoms with van der Waals surface area (Å²) in [4.78, 5) is 39.3. The van der Waals surface area contributed by atoms with Crippen molar-refractivity contribution in [3.63, 3.8) is 0 Å². The zero-order valence-corrected chi connectivity index (χ0v) is 34.8. The minimum Gasteiger partial charge on any atom is -0.481 e. The Morgan fingerprint density at radius 3 is 1.35 bits per heavy atom. The lowest BCUT2D eigenvalue weighted by Crippen LogP contribution is -2.68. The summed E-state index contributed by atoms with van der Waals surface area (Å²) in [5.41, 5.74) is 0. The normalized spacial score (nSPS) is 19.9. The van der Waals surface area contributed by atoms with Gasteiger partial charge in [-0.3, -0.25) is 14.4 Å². The summed E-state index contributed by atoms with van der Waals surface area (Å²) in [5, 5.41) is 43.6. The number of rotatable bonds is 37. The Bertz CT molecular complexity index is 921. The lowest BCUT2D eigenvalue weighted by molar-refractivity contribution is -0.231. The third-order valence-corrected chi connectivity index (χ3v) is 11.1. The number of hydrogen-bond donors (Lipinski definition) is 5. The van der Waals surface area contributed by atoms with E-state index in [-0.39, 0.29) is 18.7 Å². The average molecular weight is 769 g/mol. The number of aliphatic hydroxyl groups is 3. The van der Waals surface area contributed by atoms with Crippen molar-refractivity contribution < 1.29 is 39.5 Å². The van der Waals surface area contributed by atoms with E-state index in [1.807, 2.05) is 0 Å². The molecule has 10 nitrogen and oxygen atoms in total. The first-order chi connectivity index (χ1) is 26.3. The first kappa shape index (κ1) is 50.3. The van der Waals surface area contributed by atoms with Gasteiger partial charge in [-0.25, -0.2) is 0 Å². The third kappa shape index (κ3) is 24.7. The maximum Gasteiger partial charge on any atom is 0.303 e. The van der Waals surface area contributed by atoms with Gasteiger partial charge in [0, 0.05) is 25.8 Å². The highest BCUT2D eigenvalue weighted by molar-refractivity contribution is 5.78. The number of ether oxygens (including phenoxy) is 1. The quantitative estimate of drug-likeness (QED) is 0.0392. The van der Waals surface area contributed by atoms with Gasteiger partial charge < -0.3 is 35.4 Å². The molecule has 0 saturated carbocycles. The van der Waals surface area contributed by atoms with Crippen molar-refractivity contribution in [1.82, 2.24) is 10.2 Å². The SMILES string of the molecule is CCCCCCCCCCCCCCCCCC(=O)N(CCCCCCCCCCCCCC)[C@@H]1O[C@H](CO)[C@@H](O)[C@H](O)[C@H]1NC(=O)CCCCC(=O)O. The molecule has 0 aromatic rings. The van der Waals surface area contributed by atoms with Crippen LogP contribution in [0, 0.1) is 0 Å². The molecule has 318 valence electrons. The Hall–Kier alpha value is -1.75. The van der Waals surface area contributed by atoms with Crippen molar-refractivity contribution in [2.24, 2.45) is 0 Å². The number of aliphatic hydroxyl groups excluding tert-OH is 3. The van der Waals surface area contributed by atoms with Gasteiger partial charge in [0.1, 0.15) is 24.4 Å². The van der Waals surface area contributed by atoms with Crippen molar-refractivity contribution in [1.29, 1.82) is 0 Å². The number of carboxylic acids is 1. The number of hydrogen-bond acceptors (Lipinski definition) is 7. The smallest absolute Gasteiger partial charge is 0.303 e. The number of nitrogens with one attached hydrogen (secondary N) is 1. The largest absolute Gasteiger partial charge is 0.481 e. The lowest BCUT2D eigenvalue weighted by Gasteiger charge is -2.47. The molecule has 1 aliphatic heterocycles. The summed E-state index contributed by atoms with van der Waals surface area (Å²) in [5.74, 6) is -1.45. The monoisotopic (exact) mass is 769 g/mol. The highest BCUT2D eigenvalue weighted by atomic mass is 16.5.